The van der Waals surface area contributed by atoms with E-state index in [-0.39, 0.29) is 0 Å². The van der Waals surface area contributed by atoms with E-state index in [0.29, 0.717) is 6.04 Å². The van der Waals surface area contributed by atoms with Crippen LogP contribution in [0.4, 0.5) is 0 Å². The molecule has 0 bridgehead atoms. The average molecular weight is 420 g/mol. The molecule has 7 heteroatoms. The minimum absolute atomic E-state index is 0.521. The van der Waals surface area contributed by atoms with Crippen molar-refractivity contribution in [3.8, 4) is 0 Å². The highest BCUT2D eigenvalue weighted by atomic mass is 32.1. The standard InChI is InChI=1S/C20H26N4S3/c1-22(13-16-9-11-26-14-16)15-23-20(25)24(17-6-3-2-4-7-17)19(21-23)12-18-8-5-10-27-18/h5,8-11,14,17H,2-4,6-7,12-13,15H2,1H3/p+1. The van der Waals surface area contributed by atoms with Gasteiger partial charge in [0.05, 0.1) is 7.05 Å². The summed E-state index contributed by atoms with van der Waals surface area (Å²) in [6, 6.07) is 7.05. The van der Waals surface area contributed by atoms with Crippen LogP contribution >= 0.6 is 34.9 Å². The minimum atomic E-state index is 0.521. The molecule has 1 fully saturated rings. The van der Waals surface area contributed by atoms with E-state index in [9.17, 15) is 0 Å². The highest BCUT2D eigenvalue weighted by Gasteiger charge is 2.23. The van der Waals surface area contributed by atoms with Crippen LogP contribution in [0.15, 0.2) is 34.3 Å². The molecule has 0 aromatic carbocycles. The molecule has 4 nitrogen and oxygen atoms in total. The highest BCUT2D eigenvalue weighted by molar-refractivity contribution is 7.71. The fourth-order valence-corrected chi connectivity index (χ4v) is 5.75. The smallest absolute Gasteiger partial charge is 0.203 e. The van der Waals surface area contributed by atoms with E-state index in [2.05, 4.69) is 50.6 Å². The molecule has 1 N–H and O–H groups in total. The Balaban J connectivity index is 1.59. The summed E-state index contributed by atoms with van der Waals surface area (Å²) in [5.74, 6) is 1.14. The van der Waals surface area contributed by atoms with Gasteiger partial charge >= 0.3 is 0 Å². The molecule has 144 valence electrons. The Kier molecular flexibility index (Phi) is 6.22. The normalized spacial score (nSPS) is 16.6. The van der Waals surface area contributed by atoms with Gasteiger partial charge in [0, 0.05) is 22.9 Å². The van der Waals surface area contributed by atoms with Crippen LogP contribution in [0.2, 0.25) is 0 Å². The lowest BCUT2D eigenvalue weighted by Crippen LogP contribution is -3.06. The number of nitrogens with zero attached hydrogens (tertiary/aromatic N) is 3. The molecule has 0 amide bonds. The van der Waals surface area contributed by atoms with Crippen molar-refractivity contribution >= 4 is 34.9 Å². The van der Waals surface area contributed by atoms with Gasteiger partial charge in [0.2, 0.25) is 4.77 Å². The molecule has 1 saturated carbocycles. The van der Waals surface area contributed by atoms with Gasteiger partial charge in [0.25, 0.3) is 0 Å². The molecular formula is C20H27N4S3+. The van der Waals surface area contributed by atoms with Crippen molar-refractivity contribution in [2.75, 3.05) is 7.05 Å². The molecule has 3 aromatic heterocycles. The van der Waals surface area contributed by atoms with E-state index in [0.717, 1.165) is 30.2 Å². The van der Waals surface area contributed by atoms with E-state index in [1.807, 2.05) is 0 Å². The summed E-state index contributed by atoms with van der Waals surface area (Å²) in [6.07, 6.45) is 7.31. The summed E-state index contributed by atoms with van der Waals surface area (Å²) < 4.78 is 5.35. The fourth-order valence-electron chi connectivity index (χ4n) is 4.02. The van der Waals surface area contributed by atoms with Crippen molar-refractivity contribution < 1.29 is 4.90 Å². The Morgan fingerprint density at radius 3 is 2.78 bits per heavy atom. The van der Waals surface area contributed by atoms with E-state index in [1.165, 1.54) is 47.4 Å². The van der Waals surface area contributed by atoms with Crippen LogP contribution in [0.1, 0.15) is 54.4 Å². The van der Waals surface area contributed by atoms with E-state index >= 15 is 0 Å². The topological polar surface area (TPSA) is 27.2 Å². The van der Waals surface area contributed by atoms with Crippen LogP contribution in [0.5, 0.6) is 0 Å². The fraction of sp³-hybridized carbons (Fsp3) is 0.500. The maximum absolute atomic E-state index is 5.91. The Bertz CT molecular complexity index is 886. The van der Waals surface area contributed by atoms with Crippen molar-refractivity contribution in [1.82, 2.24) is 14.3 Å². The summed E-state index contributed by atoms with van der Waals surface area (Å²) in [5.41, 5.74) is 1.38. The number of thiophene rings is 2. The van der Waals surface area contributed by atoms with Crippen LogP contribution in [-0.4, -0.2) is 21.4 Å². The molecular weight excluding hydrogens is 392 g/mol. The first-order valence-electron chi connectivity index (χ1n) is 9.73. The molecule has 0 aliphatic heterocycles. The van der Waals surface area contributed by atoms with Gasteiger partial charge in [0.15, 0.2) is 6.67 Å². The van der Waals surface area contributed by atoms with Crippen LogP contribution in [0, 0.1) is 4.77 Å². The Hall–Kier alpha value is -1.28. The maximum atomic E-state index is 5.91. The summed E-state index contributed by atoms with van der Waals surface area (Å²) in [6.45, 7) is 1.81. The molecule has 0 radical (unpaired) electrons. The van der Waals surface area contributed by atoms with Crippen LogP contribution in [-0.2, 0) is 19.6 Å². The van der Waals surface area contributed by atoms with E-state index in [1.54, 1.807) is 22.7 Å². The monoisotopic (exact) mass is 419 g/mol. The molecule has 1 aliphatic carbocycles. The van der Waals surface area contributed by atoms with Crippen molar-refractivity contribution in [2.24, 2.45) is 0 Å². The number of quaternary nitrogens is 1. The van der Waals surface area contributed by atoms with Crippen molar-refractivity contribution in [3.63, 3.8) is 0 Å². The summed E-state index contributed by atoms with van der Waals surface area (Å²) in [4.78, 5) is 2.76. The Morgan fingerprint density at radius 1 is 1.22 bits per heavy atom. The molecule has 1 unspecified atom stereocenters. The zero-order valence-electron chi connectivity index (χ0n) is 15.8. The number of rotatable bonds is 7. The number of hydrogen-bond donors (Lipinski definition) is 1. The first-order valence-corrected chi connectivity index (χ1v) is 12.0. The maximum Gasteiger partial charge on any atom is 0.203 e. The molecule has 4 rings (SSSR count). The number of nitrogens with one attached hydrogen (secondary N) is 1. The summed E-state index contributed by atoms with van der Waals surface area (Å²) >= 11 is 9.47. The van der Waals surface area contributed by atoms with Gasteiger partial charge in [0.1, 0.15) is 12.4 Å². The van der Waals surface area contributed by atoms with Crippen molar-refractivity contribution in [2.45, 2.75) is 57.8 Å². The summed E-state index contributed by atoms with van der Waals surface area (Å²) in [5, 5.41) is 11.5. The lowest BCUT2D eigenvalue weighted by atomic mass is 9.95. The molecule has 27 heavy (non-hydrogen) atoms. The summed E-state index contributed by atoms with van der Waals surface area (Å²) in [7, 11) is 2.22. The predicted molar refractivity (Wildman–Crippen MR) is 115 cm³/mol. The average Bonchev–Trinajstić information content (AvgIpc) is 3.40. The molecule has 1 atom stereocenters. The molecule has 0 spiro atoms. The lowest BCUT2D eigenvalue weighted by Gasteiger charge is -2.24. The van der Waals surface area contributed by atoms with Crippen LogP contribution < -0.4 is 4.90 Å². The second kappa shape index (κ2) is 8.82. The zero-order chi connectivity index (χ0) is 18.6. The van der Waals surface area contributed by atoms with Gasteiger partial charge in [-0.3, -0.25) is 0 Å². The molecule has 3 aromatic rings. The molecule has 0 saturated heterocycles. The van der Waals surface area contributed by atoms with Gasteiger partial charge in [-0.25, -0.2) is 0 Å². The van der Waals surface area contributed by atoms with Gasteiger partial charge in [-0.1, -0.05) is 25.3 Å². The predicted octanol–water partition coefficient (Wildman–Crippen LogP) is 4.31. The minimum Gasteiger partial charge on any atom is -0.315 e. The van der Waals surface area contributed by atoms with Crippen molar-refractivity contribution in [3.05, 3.63) is 55.4 Å². The lowest BCUT2D eigenvalue weighted by molar-refractivity contribution is -0.917. The van der Waals surface area contributed by atoms with Crippen LogP contribution in [0.3, 0.4) is 0 Å². The third-order valence-corrected chi connectivity index (χ3v) is 7.31. The second-order valence-corrected chi connectivity index (χ2v) is 9.72. The quantitative estimate of drug-likeness (QED) is 0.578. The third-order valence-electron chi connectivity index (χ3n) is 5.30. The van der Waals surface area contributed by atoms with Gasteiger partial charge in [-0.05, 0) is 53.3 Å². The van der Waals surface area contributed by atoms with E-state index in [4.69, 9.17) is 17.3 Å². The first-order chi connectivity index (χ1) is 13.2. The van der Waals surface area contributed by atoms with Crippen molar-refractivity contribution in [1.29, 1.82) is 0 Å². The Labute approximate surface area is 174 Å². The van der Waals surface area contributed by atoms with Gasteiger partial charge in [-0.2, -0.15) is 21.1 Å². The second-order valence-electron chi connectivity index (χ2n) is 7.54. The Morgan fingerprint density at radius 2 is 2.07 bits per heavy atom. The third kappa shape index (κ3) is 4.59. The number of hydrogen-bond acceptors (Lipinski definition) is 4. The molecule has 3 heterocycles. The SMILES string of the molecule is C[NH+](Cc1ccsc1)Cn1nc(Cc2cccs2)n(C2CCCCC2)c1=S. The number of aromatic nitrogens is 3. The largest absolute Gasteiger partial charge is 0.315 e. The van der Waals surface area contributed by atoms with Gasteiger partial charge < -0.3 is 9.47 Å². The van der Waals surface area contributed by atoms with Crippen LogP contribution in [0.25, 0.3) is 0 Å². The first kappa shape index (κ1) is 19.1. The molecule has 1 aliphatic rings. The zero-order valence-corrected chi connectivity index (χ0v) is 18.2. The highest BCUT2D eigenvalue weighted by Crippen LogP contribution is 2.30. The van der Waals surface area contributed by atoms with Gasteiger partial charge in [-0.15, -0.1) is 11.3 Å². The van der Waals surface area contributed by atoms with E-state index < -0.39 is 0 Å².